The highest BCUT2D eigenvalue weighted by Gasteiger charge is 2.04. The first-order chi connectivity index (χ1) is 6.52. The zero-order chi connectivity index (χ0) is 10.7. The first-order valence-electron chi connectivity index (χ1n) is 4.38. The Labute approximate surface area is 97.0 Å². The third kappa shape index (κ3) is 2.67. The maximum atomic E-state index is 11.7. The average molecular weight is 304 g/mol. The smallest absolute Gasteiger partial charge is 0.267 e. The second kappa shape index (κ2) is 4.72. The van der Waals surface area contributed by atoms with Gasteiger partial charge >= 0.3 is 0 Å². The van der Waals surface area contributed by atoms with Crippen LogP contribution < -0.4 is 5.56 Å². The molecule has 0 spiro atoms. The molecule has 1 heterocycles. The van der Waals surface area contributed by atoms with E-state index in [-0.39, 0.29) is 5.56 Å². The van der Waals surface area contributed by atoms with E-state index in [1.165, 1.54) is 0 Å². The minimum Gasteiger partial charge on any atom is -0.298 e. The first-order valence-corrected chi connectivity index (χ1v) is 5.46. The molecule has 0 aromatic carbocycles. The van der Waals surface area contributed by atoms with E-state index in [0.717, 1.165) is 17.7 Å². The largest absolute Gasteiger partial charge is 0.298 e. The lowest BCUT2D eigenvalue weighted by molar-refractivity contribution is 0.645. The van der Waals surface area contributed by atoms with Crippen molar-refractivity contribution >= 4 is 22.6 Å². The predicted octanol–water partition coefficient (Wildman–Crippen LogP) is 2.12. The van der Waals surface area contributed by atoms with Crippen molar-refractivity contribution in [1.29, 1.82) is 0 Å². The van der Waals surface area contributed by atoms with Gasteiger partial charge in [-0.2, -0.15) is 0 Å². The van der Waals surface area contributed by atoms with E-state index in [1.54, 1.807) is 10.9 Å². The minimum absolute atomic E-state index is 0.0411. The molecule has 3 nitrogen and oxygen atoms in total. The van der Waals surface area contributed by atoms with Gasteiger partial charge in [0.05, 0.1) is 15.6 Å². The number of aryl methyl sites for hydroxylation is 2. The predicted molar refractivity (Wildman–Crippen MR) is 65.4 cm³/mol. The standard InChI is InChI=1S/C10H13IN2O/c1-7(2)4-5-13-6-12-8(3)9(11)10(13)14/h6H,1,4-5H2,2-3H3. The van der Waals surface area contributed by atoms with Crippen molar-refractivity contribution in [3.05, 3.63) is 38.1 Å². The van der Waals surface area contributed by atoms with Crippen molar-refractivity contribution in [2.75, 3.05) is 0 Å². The highest BCUT2D eigenvalue weighted by atomic mass is 127. The molecule has 14 heavy (non-hydrogen) atoms. The number of aromatic nitrogens is 2. The summed E-state index contributed by atoms with van der Waals surface area (Å²) in [6, 6.07) is 0. The molecule has 4 heteroatoms. The van der Waals surface area contributed by atoms with Crippen LogP contribution in [0.15, 0.2) is 23.3 Å². The third-order valence-corrected chi connectivity index (χ3v) is 3.18. The normalized spacial score (nSPS) is 10.2. The van der Waals surface area contributed by atoms with Crippen LogP contribution >= 0.6 is 22.6 Å². The molecule has 1 rings (SSSR count). The van der Waals surface area contributed by atoms with Gasteiger partial charge < -0.3 is 0 Å². The highest BCUT2D eigenvalue weighted by Crippen LogP contribution is 2.03. The minimum atomic E-state index is 0.0411. The molecule has 0 unspecified atom stereocenters. The van der Waals surface area contributed by atoms with Gasteiger partial charge in [-0.1, -0.05) is 5.57 Å². The monoisotopic (exact) mass is 304 g/mol. The lowest BCUT2D eigenvalue weighted by atomic mass is 10.2. The Morgan fingerprint density at radius 2 is 2.36 bits per heavy atom. The summed E-state index contributed by atoms with van der Waals surface area (Å²) in [4.78, 5) is 15.8. The van der Waals surface area contributed by atoms with Crippen LogP contribution in [0.5, 0.6) is 0 Å². The second-order valence-corrected chi connectivity index (χ2v) is 4.43. The fourth-order valence-electron chi connectivity index (χ4n) is 1.02. The molecule has 0 amide bonds. The fraction of sp³-hybridized carbons (Fsp3) is 0.400. The third-order valence-electron chi connectivity index (χ3n) is 1.94. The Morgan fingerprint density at radius 1 is 1.71 bits per heavy atom. The molecule has 1 aromatic rings. The van der Waals surface area contributed by atoms with Crippen molar-refractivity contribution in [2.45, 2.75) is 26.8 Å². The van der Waals surface area contributed by atoms with E-state index in [2.05, 4.69) is 11.6 Å². The van der Waals surface area contributed by atoms with Crippen LogP contribution in [-0.4, -0.2) is 9.55 Å². The lowest BCUT2D eigenvalue weighted by Gasteiger charge is -2.06. The van der Waals surface area contributed by atoms with E-state index in [1.807, 2.05) is 36.4 Å². The molecule has 0 aliphatic rings. The van der Waals surface area contributed by atoms with Gasteiger partial charge in [0.15, 0.2) is 0 Å². The summed E-state index contributed by atoms with van der Waals surface area (Å²) in [5, 5.41) is 0. The zero-order valence-corrected chi connectivity index (χ0v) is 10.5. The Morgan fingerprint density at radius 3 is 2.93 bits per heavy atom. The molecule has 0 aliphatic heterocycles. The summed E-state index contributed by atoms with van der Waals surface area (Å²) >= 11 is 2.03. The van der Waals surface area contributed by atoms with Crippen LogP contribution in [0.1, 0.15) is 19.0 Å². The van der Waals surface area contributed by atoms with Crippen LogP contribution in [0.3, 0.4) is 0 Å². The number of allylic oxidation sites excluding steroid dienone is 1. The first kappa shape index (κ1) is 11.4. The van der Waals surface area contributed by atoms with E-state index < -0.39 is 0 Å². The second-order valence-electron chi connectivity index (χ2n) is 3.35. The Bertz CT molecular complexity index is 409. The van der Waals surface area contributed by atoms with Crippen LogP contribution in [0.4, 0.5) is 0 Å². The molecule has 1 aromatic heterocycles. The summed E-state index contributed by atoms with van der Waals surface area (Å²) in [5.74, 6) is 0. The lowest BCUT2D eigenvalue weighted by Crippen LogP contribution is -2.24. The van der Waals surface area contributed by atoms with Gasteiger partial charge in [-0.3, -0.25) is 9.36 Å². The summed E-state index contributed by atoms with van der Waals surface area (Å²) in [6.45, 7) is 8.26. The summed E-state index contributed by atoms with van der Waals surface area (Å²) in [5.41, 5.74) is 1.91. The van der Waals surface area contributed by atoms with Gasteiger partial charge in [0.1, 0.15) is 0 Å². The zero-order valence-electron chi connectivity index (χ0n) is 8.38. The average Bonchev–Trinajstić information content (AvgIpc) is 2.13. The maximum Gasteiger partial charge on any atom is 0.267 e. The number of halogens is 1. The quantitative estimate of drug-likeness (QED) is 0.633. The van der Waals surface area contributed by atoms with Crippen molar-refractivity contribution in [3.63, 3.8) is 0 Å². The van der Waals surface area contributed by atoms with Gasteiger partial charge in [-0.25, -0.2) is 4.98 Å². The summed E-state index contributed by atoms with van der Waals surface area (Å²) < 4.78 is 2.33. The Kier molecular flexibility index (Phi) is 3.86. The molecule has 0 fully saturated rings. The van der Waals surface area contributed by atoms with Crippen LogP contribution in [-0.2, 0) is 6.54 Å². The Hall–Kier alpha value is -0.650. The highest BCUT2D eigenvalue weighted by molar-refractivity contribution is 14.1. The molecule has 76 valence electrons. The van der Waals surface area contributed by atoms with Crippen molar-refractivity contribution in [1.82, 2.24) is 9.55 Å². The van der Waals surface area contributed by atoms with E-state index >= 15 is 0 Å². The number of nitrogens with zero attached hydrogens (tertiary/aromatic N) is 2. The molecule has 0 radical (unpaired) electrons. The van der Waals surface area contributed by atoms with Gasteiger partial charge in [0.25, 0.3) is 5.56 Å². The van der Waals surface area contributed by atoms with Gasteiger partial charge in [0, 0.05) is 6.54 Å². The van der Waals surface area contributed by atoms with E-state index in [9.17, 15) is 4.79 Å². The maximum absolute atomic E-state index is 11.7. The molecule has 0 atom stereocenters. The molecule has 0 saturated heterocycles. The molecule has 0 saturated carbocycles. The van der Waals surface area contributed by atoms with E-state index in [0.29, 0.717) is 10.1 Å². The molecule has 0 N–H and O–H groups in total. The Balaban J connectivity index is 2.95. The number of rotatable bonds is 3. The summed E-state index contributed by atoms with van der Waals surface area (Å²) in [6.07, 6.45) is 2.42. The van der Waals surface area contributed by atoms with Crippen LogP contribution in [0.25, 0.3) is 0 Å². The van der Waals surface area contributed by atoms with Gasteiger partial charge in [0.2, 0.25) is 0 Å². The molecular formula is C10H13IN2O. The van der Waals surface area contributed by atoms with Crippen LogP contribution in [0, 0.1) is 10.5 Å². The van der Waals surface area contributed by atoms with Gasteiger partial charge in [-0.05, 0) is 42.9 Å². The van der Waals surface area contributed by atoms with Crippen molar-refractivity contribution in [2.24, 2.45) is 0 Å². The van der Waals surface area contributed by atoms with E-state index in [4.69, 9.17) is 0 Å². The SMILES string of the molecule is C=C(C)CCn1cnc(C)c(I)c1=O. The molecule has 0 aliphatic carbocycles. The topological polar surface area (TPSA) is 34.9 Å². The number of hydrogen-bond acceptors (Lipinski definition) is 2. The van der Waals surface area contributed by atoms with Crippen molar-refractivity contribution in [3.8, 4) is 0 Å². The fourth-order valence-corrected chi connectivity index (χ4v) is 1.47. The molecule has 0 bridgehead atoms. The van der Waals surface area contributed by atoms with Crippen LogP contribution in [0.2, 0.25) is 0 Å². The van der Waals surface area contributed by atoms with Gasteiger partial charge in [-0.15, -0.1) is 6.58 Å². The summed E-state index contributed by atoms with van der Waals surface area (Å²) in [7, 11) is 0. The number of hydrogen-bond donors (Lipinski definition) is 0. The molecular weight excluding hydrogens is 291 g/mol. The van der Waals surface area contributed by atoms with Crippen molar-refractivity contribution < 1.29 is 0 Å².